The van der Waals surface area contributed by atoms with E-state index < -0.39 is 5.97 Å². The second-order valence-electron chi connectivity index (χ2n) is 6.11. The van der Waals surface area contributed by atoms with E-state index in [9.17, 15) is 14.4 Å². The van der Waals surface area contributed by atoms with Crippen LogP contribution in [0.2, 0.25) is 0 Å². The summed E-state index contributed by atoms with van der Waals surface area (Å²) in [6, 6.07) is 11.7. The molecule has 2 aromatic carbocycles. The van der Waals surface area contributed by atoms with Crippen molar-refractivity contribution in [2.45, 2.75) is 13.5 Å². The van der Waals surface area contributed by atoms with Gasteiger partial charge in [-0.25, -0.2) is 4.79 Å². The minimum atomic E-state index is -0.470. The molecule has 0 saturated carbocycles. The fourth-order valence-electron chi connectivity index (χ4n) is 2.73. The van der Waals surface area contributed by atoms with E-state index in [2.05, 4.69) is 10.1 Å². The Morgan fingerprint density at radius 1 is 1.07 bits per heavy atom. The van der Waals surface area contributed by atoms with E-state index in [1.165, 1.54) is 18.9 Å². The van der Waals surface area contributed by atoms with E-state index in [0.717, 1.165) is 5.56 Å². The van der Waals surface area contributed by atoms with Crippen LogP contribution in [0.1, 0.15) is 22.8 Å². The van der Waals surface area contributed by atoms with Gasteiger partial charge < -0.3 is 24.4 Å². The minimum absolute atomic E-state index is 0.141. The number of benzene rings is 2. The number of anilines is 1. The van der Waals surface area contributed by atoms with E-state index in [1.807, 2.05) is 6.07 Å². The first-order chi connectivity index (χ1) is 13.5. The maximum absolute atomic E-state index is 12.3. The highest BCUT2D eigenvalue weighted by atomic mass is 16.7. The second-order valence-corrected chi connectivity index (χ2v) is 6.11. The number of fused-ring (bicyclic) bond motifs is 1. The third-order valence-corrected chi connectivity index (χ3v) is 4.21. The van der Waals surface area contributed by atoms with Crippen molar-refractivity contribution < 1.29 is 28.6 Å². The van der Waals surface area contributed by atoms with Gasteiger partial charge in [0.15, 0.2) is 11.5 Å². The van der Waals surface area contributed by atoms with E-state index in [-0.39, 0.29) is 25.2 Å². The number of nitrogens with one attached hydrogen (secondary N) is 1. The fourth-order valence-corrected chi connectivity index (χ4v) is 2.73. The normalized spacial score (nSPS) is 11.6. The van der Waals surface area contributed by atoms with Crippen molar-refractivity contribution in [3.05, 3.63) is 53.6 Å². The highest BCUT2D eigenvalue weighted by molar-refractivity contribution is 5.98. The predicted molar refractivity (Wildman–Crippen MR) is 100 cm³/mol. The molecule has 0 aliphatic carbocycles. The van der Waals surface area contributed by atoms with Gasteiger partial charge in [0.2, 0.25) is 18.6 Å². The molecule has 0 radical (unpaired) electrons. The molecular weight excluding hydrogens is 364 g/mol. The molecule has 0 unspecified atom stereocenters. The molecule has 2 aromatic rings. The number of ether oxygens (including phenoxy) is 3. The Labute approximate surface area is 162 Å². The Morgan fingerprint density at radius 2 is 1.79 bits per heavy atom. The molecule has 0 fully saturated rings. The summed E-state index contributed by atoms with van der Waals surface area (Å²) in [5, 5.41) is 2.78. The number of esters is 1. The Kier molecular flexibility index (Phi) is 5.78. The standard InChI is InChI=1S/C20H20N2O6/c1-13(23)22(16-6-4-15(5-7-16)20(25)26-2)11-19(24)21-10-14-3-8-17-18(9-14)28-12-27-17/h3-9H,10-12H2,1-2H3,(H,21,24). The molecule has 1 N–H and O–H groups in total. The summed E-state index contributed by atoms with van der Waals surface area (Å²) in [7, 11) is 1.29. The predicted octanol–water partition coefficient (Wildman–Crippen LogP) is 1.87. The molecule has 3 rings (SSSR count). The lowest BCUT2D eigenvalue weighted by molar-refractivity contribution is -0.123. The molecule has 0 bridgehead atoms. The lowest BCUT2D eigenvalue weighted by Gasteiger charge is -2.21. The molecule has 8 heteroatoms. The number of carbonyl (C=O) groups is 3. The van der Waals surface area contributed by atoms with E-state index in [4.69, 9.17) is 9.47 Å². The molecule has 0 spiro atoms. The number of nitrogens with zero attached hydrogens (tertiary/aromatic N) is 1. The number of hydrogen-bond donors (Lipinski definition) is 1. The van der Waals surface area contributed by atoms with Crippen LogP contribution in [0, 0.1) is 0 Å². The van der Waals surface area contributed by atoms with Crippen molar-refractivity contribution in [2.24, 2.45) is 0 Å². The Morgan fingerprint density at radius 3 is 2.46 bits per heavy atom. The largest absolute Gasteiger partial charge is 0.465 e. The highest BCUT2D eigenvalue weighted by Crippen LogP contribution is 2.32. The van der Waals surface area contributed by atoms with Crippen LogP contribution in [-0.4, -0.2) is 38.2 Å². The maximum Gasteiger partial charge on any atom is 0.337 e. The summed E-state index contributed by atoms with van der Waals surface area (Å²) in [6.07, 6.45) is 0. The highest BCUT2D eigenvalue weighted by Gasteiger charge is 2.17. The smallest absolute Gasteiger partial charge is 0.337 e. The van der Waals surface area contributed by atoms with Gasteiger partial charge in [0.1, 0.15) is 6.54 Å². The molecule has 1 aliphatic heterocycles. The summed E-state index contributed by atoms with van der Waals surface area (Å²) < 4.78 is 15.2. The Bertz CT molecular complexity index is 894. The lowest BCUT2D eigenvalue weighted by Crippen LogP contribution is -2.39. The third-order valence-electron chi connectivity index (χ3n) is 4.21. The summed E-state index contributed by atoms with van der Waals surface area (Å²) in [5.41, 5.74) is 1.73. The molecular formula is C20H20N2O6. The van der Waals surface area contributed by atoms with Crippen molar-refractivity contribution in [2.75, 3.05) is 25.3 Å². The number of hydrogen-bond acceptors (Lipinski definition) is 6. The van der Waals surface area contributed by atoms with Crippen LogP contribution in [0.4, 0.5) is 5.69 Å². The van der Waals surface area contributed by atoms with Crippen molar-refractivity contribution in [1.82, 2.24) is 5.32 Å². The van der Waals surface area contributed by atoms with Crippen LogP contribution in [0.15, 0.2) is 42.5 Å². The minimum Gasteiger partial charge on any atom is -0.465 e. The monoisotopic (exact) mass is 384 g/mol. The van der Waals surface area contributed by atoms with Crippen LogP contribution in [0.5, 0.6) is 11.5 Å². The molecule has 28 heavy (non-hydrogen) atoms. The van der Waals surface area contributed by atoms with Gasteiger partial charge in [0.25, 0.3) is 0 Å². The van der Waals surface area contributed by atoms with Crippen LogP contribution in [-0.2, 0) is 20.9 Å². The molecule has 1 aliphatic rings. The molecule has 0 atom stereocenters. The zero-order valence-electron chi connectivity index (χ0n) is 15.6. The Balaban J connectivity index is 1.61. The van der Waals surface area contributed by atoms with Crippen molar-refractivity contribution in [3.63, 3.8) is 0 Å². The van der Waals surface area contributed by atoms with Crippen LogP contribution in [0.3, 0.4) is 0 Å². The summed E-state index contributed by atoms with van der Waals surface area (Å²) in [4.78, 5) is 37.1. The summed E-state index contributed by atoms with van der Waals surface area (Å²) >= 11 is 0. The summed E-state index contributed by atoms with van der Waals surface area (Å²) in [5.74, 6) is 0.243. The van der Waals surface area contributed by atoms with Gasteiger partial charge in [-0.2, -0.15) is 0 Å². The van der Waals surface area contributed by atoms with Gasteiger partial charge in [-0.1, -0.05) is 6.07 Å². The number of rotatable bonds is 6. The third kappa shape index (κ3) is 4.40. The van der Waals surface area contributed by atoms with E-state index in [1.54, 1.807) is 36.4 Å². The molecule has 146 valence electrons. The van der Waals surface area contributed by atoms with Crippen LogP contribution >= 0.6 is 0 Å². The zero-order valence-corrected chi connectivity index (χ0v) is 15.6. The SMILES string of the molecule is COC(=O)c1ccc(N(CC(=O)NCc2ccc3c(c2)OCO3)C(C)=O)cc1. The maximum atomic E-state index is 12.3. The van der Waals surface area contributed by atoms with Crippen LogP contribution < -0.4 is 19.7 Å². The first-order valence-electron chi connectivity index (χ1n) is 8.59. The second kappa shape index (κ2) is 8.43. The van der Waals surface area contributed by atoms with Gasteiger partial charge in [-0.05, 0) is 42.0 Å². The number of amides is 2. The van der Waals surface area contributed by atoms with Crippen LogP contribution in [0.25, 0.3) is 0 Å². The molecule has 0 aromatic heterocycles. The van der Waals surface area contributed by atoms with Gasteiger partial charge in [-0.3, -0.25) is 9.59 Å². The lowest BCUT2D eigenvalue weighted by atomic mass is 10.2. The zero-order chi connectivity index (χ0) is 20.1. The topological polar surface area (TPSA) is 94.2 Å². The van der Waals surface area contributed by atoms with Gasteiger partial charge in [0.05, 0.1) is 12.7 Å². The van der Waals surface area contributed by atoms with Gasteiger partial charge in [0, 0.05) is 19.2 Å². The molecule has 0 saturated heterocycles. The summed E-state index contributed by atoms with van der Waals surface area (Å²) in [6.45, 7) is 1.72. The first kappa shape index (κ1) is 19.2. The molecule has 8 nitrogen and oxygen atoms in total. The molecule has 2 amide bonds. The van der Waals surface area contributed by atoms with Crippen molar-refractivity contribution in [3.8, 4) is 11.5 Å². The Hall–Kier alpha value is -3.55. The number of carbonyl (C=O) groups excluding carboxylic acids is 3. The van der Waals surface area contributed by atoms with Gasteiger partial charge >= 0.3 is 5.97 Å². The quantitative estimate of drug-likeness (QED) is 0.764. The van der Waals surface area contributed by atoms with Gasteiger partial charge in [-0.15, -0.1) is 0 Å². The first-order valence-corrected chi connectivity index (χ1v) is 8.59. The average molecular weight is 384 g/mol. The average Bonchev–Trinajstić information content (AvgIpc) is 3.17. The van der Waals surface area contributed by atoms with E-state index >= 15 is 0 Å². The van der Waals surface area contributed by atoms with E-state index in [0.29, 0.717) is 29.3 Å². The molecule has 1 heterocycles. The fraction of sp³-hybridized carbons (Fsp3) is 0.250. The number of methoxy groups -OCH3 is 1. The van der Waals surface area contributed by atoms with Crippen molar-refractivity contribution in [1.29, 1.82) is 0 Å². The van der Waals surface area contributed by atoms with Crippen molar-refractivity contribution >= 4 is 23.5 Å².